The third-order valence-corrected chi connectivity index (χ3v) is 9.61. The maximum absolute atomic E-state index is 14.5. The van der Waals surface area contributed by atoms with Gasteiger partial charge in [-0.25, -0.2) is 8.42 Å². The van der Waals surface area contributed by atoms with Crippen molar-refractivity contribution in [2.75, 3.05) is 18.0 Å². The lowest BCUT2D eigenvalue weighted by atomic mass is 10.0. The molecule has 236 valence electrons. The Labute approximate surface area is 278 Å². The number of carbonyl (C=O) groups is 2. The van der Waals surface area contributed by atoms with Gasteiger partial charge in [-0.2, -0.15) is 0 Å². The van der Waals surface area contributed by atoms with Crippen molar-refractivity contribution >= 4 is 55.1 Å². The molecule has 8 nitrogen and oxygen atoms in total. The average molecular weight is 713 g/mol. The number of anilines is 1. The summed E-state index contributed by atoms with van der Waals surface area (Å²) in [6.07, 6.45) is 0.224. The lowest BCUT2D eigenvalue weighted by Crippen LogP contribution is -2.54. The van der Waals surface area contributed by atoms with Gasteiger partial charge in [-0.3, -0.25) is 13.9 Å². The number of amides is 2. The molecule has 0 heterocycles. The lowest BCUT2D eigenvalue weighted by Gasteiger charge is -2.34. The van der Waals surface area contributed by atoms with Gasteiger partial charge in [-0.1, -0.05) is 88.2 Å². The Bertz CT molecular complexity index is 1710. The van der Waals surface area contributed by atoms with Gasteiger partial charge in [0, 0.05) is 23.5 Å². The van der Waals surface area contributed by atoms with E-state index in [9.17, 15) is 18.0 Å². The Morgan fingerprint density at radius 1 is 0.889 bits per heavy atom. The summed E-state index contributed by atoms with van der Waals surface area (Å²) >= 11 is 9.87. The summed E-state index contributed by atoms with van der Waals surface area (Å²) in [7, 11) is -2.79. The first-order valence-corrected chi connectivity index (χ1v) is 16.9. The van der Waals surface area contributed by atoms with Crippen LogP contribution < -0.4 is 14.4 Å². The van der Waals surface area contributed by atoms with E-state index in [1.54, 1.807) is 24.3 Å². The van der Waals surface area contributed by atoms with Crippen LogP contribution in [0.4, 0.5) is 5.69 Å². The highest BCUT2D eigenvalue weighted by molar-refractivity contribution is 9.10. The molecule has 0 aliphatic heterocycles. The number of sulfonamides is 1. The highest BCUT2D eigenvalue weighted by Gasteiger charge is 2.35. The number of ether oxygens (including phenoxy) is 1. The second-order valence-electron chi connectivity index (χ2n) is 10.7. The zero-order valence-corrected chi connectivity index (χ0v) is 28.3. The fourth-order valence-electron chi connectivity index (χ4n) is 4.78. The molecular weight excluding hydrogens is 678 g/mol. The van der Waals surface area contributed by atoms with Gasteiger partial charge in [-0.05, 0) is 67.4 Å². The van der Waals surface area contributed by atoms with E-state index in [2.05, 4.69) is 21.2 Å². The number of rotatable bonds is 13. The van der Waals surface area contributed by atoms with Crippen molar-refractivity contribution in [3.05, 3.63) is 124 Å². The number of carbonyl (C=O) groups excluding carboxylic acids is 2. The van der Waals surface area contributed by atoms with Crippen molar-refractivity contribution in [1.29, 1.82) is 0 Å². The maximum Gasteiger partial charge on any atom is 0.264 e. The van der Waals surface area contributed by atoms with E-state index in [0.29, 0.717) is 5.75 Å². The van der Waals surface area contributed by atoms with E-state index >= 15 is 0 Å². The predicted octanol–water partition coefficient (Wildman–Crippen LogP) is 6.47. The largest absolute Gasteiger partial charge is 0.495 e. The number of hydrogen-bond acceptors (Lipinski definition) is 5. The molecule has 1 unspecified atom stereocenters. The molecule has 0 aromatic heterocycles. The van der Waals surface area contributed by atoms with Crippen molar-refractivity contribution in [3.63, 3.8) is 0 Å². The fraction of sp³-hybridized carbons (Fsp3) is 0.235. The van der Waals surface area contributed by atoms with E-state index in [-0.39, 0.29) is 40.5 Å². The minimum absolute atomic E-state index is 0.00239. The molecule has 4 aromatic rings. The summed E-state index contributed by atoms with van der Waals surface area (Å²) in [5, 5.41) is 3.13. The third-order valence-electron chi connectivity index (χ3n) is 7.00. The van der Waals surface area contributed by atoms with Crippen molar-refractivity contribution in [3.8, 4) is 5.75 Å². The summed E-state index contributed by atoms with van der Waals surface area (Å²) in [6, 6.07) is 28.1. The number of nitrogens with zero attached hydrogens (tertiary/aromatic N) is 2. The van der Waals surface area contributed by atoms with E-state index in [4.69, 9.17) is 16.3 Å². The molecule has 0 aliphatic rings. The summed E-state index contributed by atoms with van der Waals surface area (Å²) < 4.78 is 35.3. The van der Waals surface area contributed by atoms with Crippen LogP contribution in [0.25, 0.3) is 0 Å². The molecule has 4 aromatic carbocycles. The third kappa shape index (κ3) is 8.87. The highest BCUT2D eigenvalue weighted by atomic mass is 79.9. The number of halogens is 2. The molecule has 0 spiro atoms. The molecule has 1 atom stereocenters. The van der Waals surface area contributed by atoms with Gasteiger partial charge in [0.25, 0.3) is 10.0 Å². The Morgan fingerprint density at radius 3 is 2.09 bits per heavy atom. The van der Waals surface area contributed by atoms with Gasteiger partial charge in [0.05, 0.1) is 22.7 Å². The zero-order valence-electron chi connectivity index (χ0n) is 25.2. The maximum atomic E-state index is 14.5. The summed E-state index contributed by atoms with van der Waals surface area (Å²) in [5.74, 6) is -0.553. The van der Waals surface area contributed by atoms with Gasteiger partial charge >= 0.3 is 0 Å². The lowest BCUT2D eigenvalue weighted by molar-refractivity contribution is -0.140. The van der Waals surface area contributed by atoms with E-state index < -0.39 is 28.5 Å². The average Bonchev–Trinajstić information content (AvgIpc) is 3.02. The van der Waals surface area contributed by atoms with Gasteiger partial charge in [0.2, 0.25) is 11.8 Å². The van der Waals surface area contributed by atoms with Crippen molar-refractivity contribution in [2.24, 2.45) is 0 Å². The quantitative estimate of drug-likeness (QED) is 0.172. The van der Waals surface area contributed by atoms with Gasteiger partial charge in [-0.15, -0.1) is 0 Å². The smallest absolute Gasteiger partial charge is 0.264 e. The predicted molar refractivity (Wildman–Crippen MR) is 181 cm³/mol. The standard InChI is InChI=1S/C34H35BrClN3O5S/c1-24(2)37-34(41)31(20-25-10-6-4-7-11-25)38(22-26-14-16-27(35)17-15-26)33(40)23-39(28-18-19-32(44-3)30(36)21-28)45(42,43)29-12-8-5-9-13-29/h4-19,21,24,31H,20,22-23H2,1-3H3,(H,37,41). The minimum Gasteiger partial charge on any atom is -0.495 e. The van der Waals surface area contributed by atoms with Crippen LogP contribution in [-0.2, 0) is 32.6 Å². The number of methoxy groups -OCH3 is 1. The molecule has 0 saturated heterocycles. The van der Waals surface area contributed by atoms with Crippen LogP contribution in [0.5, 0.6) is 5.75 Å². The van der Waals surface area contributed by atoms with Crippen LogP contribution in [0.1, 0.15) is 25.0 Å². The van der Waals surface area contributed by atoms with Crippen LogP contribution >= 0.6 is 27.5 Å². The Morgan fingerprint density at radius 2 is 1.51 bits per heavy atom. The van der Waals surface area contributed by atoms with Crippen LogP contribution in [0, 0.1) is 0 Å². The molecule has 4 rings (SSSR count). The fourth-order valence-corrected chi connectivity index (χ4v) is 6.72. The molecular formula is C34H35BrClN3O5S. The number of nitrogens with one attached hydrogen (secondary N) is 1. The second-order valence-corrected chi connectivity index (χ2v) is 13.8. The molecule has 0 saturated carbocycles. The Hall–Kier alpha value is -3.86. The summed E-state index contributed by atoms with van der Waals surface area (Å²) in [5.41, 5.74) is 1.80. The first-order valence-electron chi connectivity index (χ1n) is 14.3. The molecule has 0 fully saturated rings. The van der Waals surface area contributed by atoms with Crippen molar-refractivity contribution in [1.82, 2.24) is 10.2 Å². The minimum atomic E-state index is -4.24. The topological polar surface area (TPSA) is 96.0 Å². The normalized spacial score (nSPS) is 12.0. The molecule has 0 bridgehead atoms. The molecule has 0 radical (unpaired) electrons. The monoisotopic (exact) mass is 711 g/mol. The van der Waals surface area contributed by atoms with Crippen LogP contribution in [0.15, 0.2) is 112 Å². The molecule has 11 heteroatoms. The van der Waals surface area contributed by atoms with Crippen molar-refractivity contribution < 1.29 is 22.7 Å². The molecule has 0 aliphatic carbocycles. The van der Waals surface area contributed by atoms with Gasteiger partial charge in [0.1, 0.15) is 18.3 Å². The SMILES string of the molecule is COc1ccc(N(CC(=O)N(Cc2ccc(Br)cc2)C(Cc2ccccc2)C(=O)NC(C)C)S(=O)(=O)c2ccccc2)cc1Cl. The first kappa shape index (κ1) is 34.0. The second kappa shape index (κ2) is 15.4. The zero-order chi connectivity index (χ0) is 32.6. The van der Waals surface area contributed by atoms with E-state index in [0.717, 1.165) is 19.9 Å². The van der Waals surface area contributed by atoms with Crippen LogP contribution in [0.3, 0.4) is 0 Å². The Balaban J connectivity index is 1.82. The van der Waals surface area contributed by atoms with Crippen LogP contribution in [0.2, 0.25) is 5.02 Å². The Kier molecular flexibility index (Phi) is 11.7. The van der Waals surface area contributed by atoms with E-state index in [1.807, 2.05) is 68.4 Å². The summed E-state index contributed by atoms with van der Waals surface area (Å²) in [6.45, 7) is 3.17. The highest BCUT2D eigenvalue weighted by Crippen LogP contribution is 2.32. The first-order chi connectivity index (χ1) is 21.5. The number of hydrogen-bond donors (Lipinski definition) is 1. The molecule has 1 N–H and O–H groups in total. The van der Waals surface area contributed by atoms with Gasteiger partial charge in [0.15, 0.2) is 0 Å². The van der Waals surface area contributed by atoms with E-state index in [1.165, 1.54) is 36.3 Å². The summed E-state index contributed by atoms with van der Waals surface area (Å²) in [4.78, 5) is 29.7. The van der Waals surface area contributed by atoms with Crippen molar-refractivity contribution in [2.45, 2.75) is 43.8 Å². The van der Waals surface area contributed by atoms with Crippen LogP contribution in [-0.4, -0.2) is 50.9 Å². The van der Waals surface area contributed by atoms with Gasteiger partial charge < -0.3 is 15.0 Å². The molecule has 2 amide bonds. The molecule has 45 heavy (non-hydrogen) atoms. The number of benzene rings is 4.